The lowest BCUT2D eigenvalue weighted by Gasteiger charge is -2.12. The minimum Gasteiger partial charge on any atom is -0.460 e. The number of aryl methyl sites for hydroxylation is 1. The molecule has 2 aromatic heterocycles. The minimum absolute atomic E-state index is 0.529. The molecule has 0 saturated heterocycles. The molecule has 0 bridgehead atoms. The predicted molar refractivity (Wildman–Crippen MR) is 76.9 cm³/mol. The Balaban J connectivity index is 1.96. The Morgan fingerprint density at radius 3 is 2.95 bits per heavy atom. The highest BCUT2D eigenvalue weighted by molar-refractivity contribution is 5.56. The first-order valence-electron chi connectivity index (χ1n) is 7.03. The quantitative estimate of drug-likeness (QED) is 0.800. The number of aromatic amines is 1. The van der Waals surface area contributed by atoms with Crippen LogP contribution < -0.4 is 5.32 Å². The van der Waals surface area contributed by atoms with Crippen molar-refractivity contribution >= 4 is 0 Å². The van der Waals surface area contributed by atoms with Crippen molar-refractivity contribution < 1.29 is 4.42 Å². The number of hydrogen-bond acceptors (Lipinski definition) is 3. The van der Waals surface area contributed by atoms with Gasteiger partial charge in [0, 0.05) is 18.2 Å². The van der Waals surface area contributed by atoms with E-state index in [0.717, 1.165) is 29.3 Å². The van der Waals surface area contributed by atoms with E-state index in [0.29, 0.717) is 6.04 Å². The van der Waals surface area contributed by atoms with Crippen molar-refractivity contribution in [3.63, 3.8) is 0 Å². The maximum Gasteiger partial charge on any atom is 0.152 e. The van der Waals surface area contributed by atoms with Gasteiger partial charge in [0.05, 0.1) is 6.20 Å². The number of aromatic nitrogens is 2. The number of nitrogens with zero attached hydrogens (tertiary/aromatic N) is 1. The zero-order valence-electron chi connectivity index (χ0n) is 12.0. The average molecular weight is 261 g/mol. The van der Waals surface area contributed by atoms with Crippen LogP contribution in [0.15, 0.2) is 22.7 Å². The van der Waals surface area contributed by atoms with E-state index in [1.807, 2.05) is 25.3 Å². The normalized spacial score (nSPS) is 12.8. The number of furan rings is 1. The van der Waals surface area contributed by atoms with Crippen molar-refractivity contribution in [1.29, 1.82) is 0 Å². The molecule has 0 aliphatic carbocycles. The SMILES string of the molecule is CCCCC(C)NCc1cn[nH]c1-c1ccc(C)o1. The highest BCUT2D eigenvalue weighted by Gasteiger charge is 2.11. The van der Waals surface area contributed by atoms with E-state index in [1.165, 1.54) is 19.3 Å². The van der Waals surface area contributed by atoms with E-state index in [2.05, 4.69) is 29.4 Å². The van der Waals surface area contributed by atoms with Gasteiger partial charge in [0.2, 0.25) is 0 Å². The van der Waals surface area contributed by atoms with E-state index in [9.17, 15) is 0 Å². The van der Waals surface area contributed by atoms with Gasteiger partial charge < -0.3 is 9.73 Å². The summed E-state index contributed by atoms with van der Waals surface area (Å²) >= 11 is 0. The molecule has 19 heavy (non-hydrogen) atoms. The molecule has 4 heteroatoms. The molecule has 0 aromatic carbocycles. The van der Waals surface area contributed by atoms with Gasteiger partial charge in [-0.1, -0.05) is 19.8 Å². The molecule has 0 aliphatic rings. The van der Waals surface area contributed by atoms with E-state index >= 15 is 0 Å². The van der Waals surface area contributed by atoms with Gasteiger partial charge >= 0.3 is 0 Å². The molecule has 0 aliphatic heterocycles. The van der Waals surface area contributed by atoms with Crippen molar-refractivity contribution in [2.75, 3.05) is 0 Å². The van der Waals surface area contributed by atoms with E-state index in [1.54, 1.807) is 0 Å². The lowest BCUT2D eigenvalue weighted by atomic mass is 10.1. The summed E-state index contributed by atoms with van der Waals surface area (Å²) in [6.45, 7) is 7.22. The van der Waals surface area contributed by atoms with Gasteiger partial charge in [-0.25, -0.2) is 0 Å². The molecule has 2 aromatic rings. The molecule has 2 N–H and O–H groups in total. The first-order valence-corrected chi connectivity index (χ1v) is 7.03. The Kier molecular flexibility index (Phi) is 4.80. The van der Waals surface area contributed by atoms with Gasteiger partial charge in [0.25, 0.3) is 0 Å². The van der Waals surface area contributed by atoms with E-state index < -0.39 is 0 Å². The zero-order chi connectivity index (χ0) is 13.7. The summed E-state index contributed by atoms with van der Waals surface area (Å²) in [4.78, 5) is 0. The topological polar surface area (TPSA) is 53.9 Å². The van der Waals surface area contributed by atoms with Crippen LogP contribution in [0.3, 0.4) is 0 Å². The fourth-order valence-corrected chi connectivity index (χ4v) is 2.12. The fraction of sp³-hybridized carbons (Fsp3) is 0.533. The maximum atomic E-state index is 5.64. The maximum absolute atomic E-state index is 5.64. The van der Waals surface area contributed by atoms with Crippen LogP contribution in [0.25, 0.3) is 11.5 Å². The van der Waals surface area contributed by atoms with Crippen LogP contribution in [-0.4, -0.2) is 16.2 Å². The molecule has 1 atom stereocenters. The first-order chi connectivity index (χ1) is 9.20. The molecule has 0 spiro atoms. The van der Waals surface area contributed by atoms with Crippen LogP contribution in [0.4, 0.5) is 0 Å². The number of H-pyrrole nitrogens is 1. The van der Waals surface area contributed by atoms with E-state index in [-0.39, 0.29) is 0 Å². The summed E-state index contributed by atoms with van der Waals surface area (Å²) in [6, 6.07) is 4.48. The van der Waals surface area contributed by atoms with Gasteiger partial charge in [-0.15, -0.1) is 0 Å². The summed E-state index contributed by atoms with van der Waals surface area (Å²) in [5, 5.41) is 10.7. The van der Waals surface area contributed by atoms with Gasteiger partial charge in [0.15, 0.2) is 5.76 Å². The van der Waals surface area contributed by atoms with Crippen LogP contribution in [0.1, 0.15) is 44.4 Å². The molecular formula is C15H23N3O. The Morgan fingerprint density at radius 2 is 2.26 bits per heavy atom. The second kappa shape index (κ2) is 6.57. The molecule has 2 rings (SSSR count). The van der Waals surface area contributed by atoms with Crippen molar-refractivity contribution in [2.45, 2.75) is 52.6 Å². The largest absolute Gasteiger partial charge is 0.460 e. The number of rotatable bonds is 7. The average Bonchev–Trinajstić information content (AvgIpc) is 3.02. The fourth-order valence-electron chi connectivity index (χ4n) is 2.12. The second-order valence-corrected chi connectivity index (χ2v) is 5.10. The van der Waals surface area contributed by atoms with Gasteiger partial charge in [-0.3, -0.25) is 5.10 Å². The highest BCUT2D eigenvalue weighted by Crippen LogP contribution is 2.23. The van der Waals surface area contributed by atoms with Crippen molar-refractivity contribution in [3.8, 4) is 11.5 Å². The standard InChI is InChI=1S/C15H23N3O/c1-4-5-6-11(2)16-9-13-10-17-18-15(13)14-8-7-12(3)19-14/h7-8,10-11,16H,4-6,9H2,1-3H3,(H,17,18). The Bertz CT molecular complexity index is 501. The monoisotopic (exact) mass is 261 g/mol. The molecule has 4 nitrogen and oxygen atoms in total. The highest BCUT2D eigenvalue weighted by atomic mass is 16.3. The predicted octanol–water partition coefficient (Wildman–Crippen LogP) is 3.65. The lowest BCUT2D eigenvalue weighted by Crippen LogP contribution is -2.25. The number of unbranched alkanes of at least 4 members (excludes halogenated alkanes) is 1. The molecule has 0 amide bonds. The Morgan fingerprint density at radius 1 is 1.42 bits per heavy atom. The van der Waals surface area contributed by atoms with Crippen molar-refractivity contribution in [2.24, 2.45) is 0 Å². The number of nitrogens with one attached hydrogen (secondary N) is 2. The van der Waals surface area contributed by atoms with Gasteiger partial charge in [-0.2, -0.15) is 5.10 Å². The summed E-state index contributed by atoms with van der Waals surface area (Å²) < 4.78 is 5.64. The number of hydrogen-bond donors (Lipinski definition) is 2. The first kappa shape index (κ1) is 13.9. The zero-order valence-corrected chi connectivity index (χ0v) is 12.0. The van der Waals surface area contributed by atoms with Crippen LogP contribution in [0.2, 0.25) is 0 Å². The van der Waals surface area contributed by atoms with Gasteiger partial charge in [0.1, 0.15) is 11.5 Å². The molecule has 1 unspecified atom stereocenters. The van der Waals surface area contributed by atoms with Crippen LogP contribution in [-0.2, 0) is 6.54 Å². The van der Waals surface area contributed by atoms with E-state index in [4.69, 9.17) is 4.42 Å². The Labute approximate surface area is 114 Å². The molecule has 104 valence electrons. The molecule has 0 radical (unpaired) electrons. The molecule has 2 heterocycles. The summed E-state index contributed by atoms with van der Waals surface area (Å²) in [6.07, 6.45) is 5.59. The third-order valence-corrected chi connectivity index (χ3v) is 3.34. The van der Waals surface area contributed by atoms with Crippen molar-refractivity contribution in [1.82, 2.24) is 15.5 Å². The summed E-state index contributed by atoms with van der Waals surface area (Å²) in [7, 11) is 0. The molecule has 0 saturated carbocycles. The second-order valence-electron chi connectivity index (χ2n) is 5.10. The third kappa shape index (κ3) is 3.70. The van der Waals surface area contributed by atoms with Crippen LogP contribution >= 0.6 is 0 Å². The van der Waals surface area contributed by atoms with Crippen LogP contribution in [0.5, 0.6) is 0 Å². The van der Waals surface area contributed by atoms with Gasteiger partial charge in [-0.05, 0) is 32.4 Å². The lowest BCUT2D eigenvalue weighted by molar-refractivity contribution is 0.494. The third-order valence-electron chi connectivity index (χ3n) is 3.34. The minimum atomic E-state index is 0.529. The van der Waals surface area contributed by atoms with Crippen molar-refractivity contribution in [3.05, 3.63) is 29.7 Å². The molecule has 0 fully saturated rings. The van der Waals surface area contributed by atoms with Crippen LogP contribution in [0, 0.1) is 6.92 Å². The summed E-state index contributed by atoms with van der Waals surface area (Å²) in [5.41, 5.74) is 2.13. The summed E-state index contributed by atoms with van der Waals surface area (Å²) in [5.74, 6) is 1.77. The molecular weight excluding hydrogens is 238 g/mol. The smallest absolute Gasteiger partial charge is 0.152 e. The Hall–Kier alpha value is -1.55.